The van der Waals surface area contributed by atoms with Crippen LogP contribution in [0.1, 0.15) is 41.5 Å². The molecular weight excluding hydrogens is 340 g/mol. The van der Waals surface area contributed by atoms with E-state index in [4.69, 9.17) is 4.74 Å². The van der Waals surface area contributed by atoms with Crippen LogP contribution in [0.25, 0.3) is 0 Å². The molecule has 1 aliphatic rings. The summed E-state index contributed by atoms with van der Waals surface area (Å²) in [5, 5.41) is 5.61. The standard InChI is InChI=1S/C22H26N2O3/c25-21(24-15-18-11-12-19-8-4-9-20(19)14-18)10-5-13-23-22(26)27-16-17-6-2-1-3-7-17/h1-3,6-7,11-12,14H,4-5,8-10,13,15-16H2,(H,23,26)(H,24,25). The average Bonchev–Trinajstić information content (AvgIpc) is 3.17. The van der Waals surface area contributed by atoms with E-state index in [0.29, 0.717) is 25.9 Å². The van der Waals surface area contributed by atoms with Gasteiger partial charge in [0.25, 0.3) is 0 Å². The molecule has 0 bridgehead atoms. The smallest absolute Gasteiger partial charge is 0.407 e. The van der Waals surface area contributed by atoms with Crippen LogP contribution in [0.15, 0.2) is 48.5 Å². The minimum absolute atomic E-state index is 0.00467. The molecule has 0 fully saturated rings. The van der Waals surface area contributed by atoms with E-state index in [-0.39, 0.29) is 12.5 Å². The van der Waals surface area contributed by atoms with Gasteiger partial charge in [0.15, 0.2) is 0 Å². The summed E-state index contributed by atoms with van der Waals surface area (Å²) in [6, 6.07) is 16.0. The lowest BCUT2D eigenvalue weighted by Crippen LogP contribution is -2.27. The molecule has 0 heterocycles. The lowest BCUT2D eigenvalue weighted by Gasteiger charge is -2.09. The van der Waals surface area contributed by atoms with Gasteiger partial charge in [-0.05, 0) is 47.9 Å². The Bertz CT molecular complexity index is 774. The van der Waals surface area contributed by atoms with Gasteiger partial charge in [-0.1, -0.05) is 48.5 Å². The summed E-state index contributed by atoms with van der Waals surface area (Å²) in [6.45, 7) is 1.21. The summed E-state index contributed by atoms with van der Waals surface area (Å²) in [5.74, 6) is -0.00467. The molecule has 0 saturated heterocycles. The SMILES string of the molecule is O=C(CCCNC(=O)OCc1ccccc1)NCc1ccc2c(c1)CCC2. The van der Waals surface area contributed by atoms with Crippen LogP contribution in [0.2, 0.25) is 0 Å². The number of ether oxygens (including phenoxy) is 1. The van der Waals surface area contributed by atoms with Crippen molar-refractivity contribution in [1.82, 2.24) is 10.6 Å². The van der Waals surface area contributed by atoms with E-state index in [9.17, 15) is 9.59 Å². The lowest BCUT2D eigenvalue weighted by molar-refractivity contribution is -0.121. The predicted molar refractivity (Wildman–Crippen MR) is 104 cm³/mol. The number of carbonyl (C=O) groups is 2. The van der Waals surface area contributed by atoms with Crippen molar-refractivity contribution in [2.75, 3.05) is 6.54 Å². The molecule has 1 aliphatic carbocycles. The fourth-order valence-electron chi connectivity index (χ4n) is 3.24. The van der Waals surface area contributed by atoms with Gasteiger partial charge in [-0.25, -0.2) is 4.79 Å². The number of aryl methyl sites for hydroxylation is 2. The summed E-state index contributed by atoms with van der Waals surface area (Å²) in [7, 11) is 0. The van der Waals surface area contributed by atoms with Crippen LogP contribution in [0.4, 0.5) is 4.79 Å². The summed E-state index contributed by atoms with van der Waals surface area (Å²) in [6.07, 6.45) is 4.04. The van der Waals surface area contributed by atoms with Gasteiger partial charge in [0.05, 0.1) is 0 Å². The third kappa shape index (κ3) is 6.13. The fourth-order valence-corrected chi connectivity index (χ4v) is 3.24. The van der Waals surface area contributed by atoms with E-state index in [2.05, 4.69) is 28.8 Å². The first-order valence-corrected chi connectivity index (χ1v) is 9.52. The maximum atomic E-state index is 12.0. The third-order valence-corrected chi connectivity index (χ3v) is 4.72. The molecule has 2 aromatic carbocycles. The number of benzene rings is 2. The number of fused-ring (bicyclic) bond motifs is 1. The van der Waals surface area contributed by atoms with Crippen LogP contribution in [0.3, 0.4) is 0 Å². The number of carbonyl (C=O) groups excluding carboxylic acids is 2. The van der Waals surface area contributed by atoms with Gasteiger partial charge in [0.1, 0.15) is 6.61 Å². The molecule has 0 aliphatic heterocycles. The Morgan fingerprint density at radius 3 is 2.59 bits per heavy atom. The largest absolute Gasteiger partial charge is 0.445 e. The summed E-state index contributed by atoms with van der Waals surface area (Å²) < 4.78 is 5.13. The highest BCUT2D eigenvalue weighted by atomic mass is 16.5. The van der Waals surface area contributed by atoms with Crippen LogP contribution in [-0.2, 0) is 35.5 Å². The quantitative estimate of drug-likeness (QED) is 0.703. The van der Waals surface area contributed by atoms with Crippen molar-refractivity contribution in [3.05, 3.63) is 70.8 Å². The Balaban J connectivity index is 1.26. The molecule has 2 N–H and O–H groups in total. The number of hydrogen-bond acceptors (Lipinski definition) is 3. The van der Waals surface area contributed by atoms with Crippen molar-refractivity contribution in [3.63, 3.8) is 0 Å². The lowest BCUT2D eigenvalue weighted by atomic mass is 10.1. The van der Waals surface area contributed by atoms with Crippen LogP contribution < -0.4 is 10.6 Å². The Morgan fingerprint density at radius 2 is 1.74 bits per heavy atom. The second-order valence-electron chi connectivity index (χ2n) is 6.83. The minimum Gasteiger partial charge on any atom is -0.445 e. The van der Waals surface area contributed by atoms with Crippen molar-refractivity contribution in [1.29, 1.82) is 0 Å². The van der Waals surface area contributed by atoms with E-state index in [1.54, 1.807) is 0 Å². The van der Waals surface area contributed by atoms with E-state index in [0.717, 1.165) is 17.5 Å². The van der Waals surface area contributed by atoms with Gasteiger partial charge >= 0.3 is 6.09 Å². The molecule has 0 atom stereocenters. The highest BCUT2D eigenvalue weighted by molar-refractivity contribution is 5.76. The summed E-state index contributed by atoms with van der Waals surface area (Å²) >= 11 is 0. The highest BCUT2D eigenvalue weighted by Gasteiger charge is 2.11. The first kappa shape index (κ1) is 19.0. The molecule has 5 heteroatoms. The Morgan fingerprint density at radius 1 is 0.926 bits per heavy atom. The van der Waals surface area contributed by atoms with Crippen molar-refractivity contribution in [2.45, 2.75) is 45.3 Å². The van der Waals surface area contributed by atoms with Gasteiger partial charge in [-0.3, -0.25) is 4.79 Å². The van der Waals surface area contributed by atoms with Crippen LogP contribution >= 0.6 is 0 Å². The van der Waals surface area contributed by atoms with E-state index >= 15 is 0 Å². The van der Waals surface area contributed by atoms with Gasteiger partial charge in [0, 0.05) is 19.5 Å². The van der Waals surface area contributed by atoms with Gasteiger partial charge in [-0.15, -0.1) is 0 Å². The minimum atomic E-state index is -0.461. The van der Waals surface area contributed by atoms with Crippen LogP contribution in [-0.4, -0.2) is 18.5 Å². The van der Waals surface area contributed by atoms with Gasteiger partial charge in [-0.2, -0.15) is 0 Å². The normalized spacial score (nSPS) is 12.3. The maximum absolute atomic E-state index is 12.0. The molecule has 0 spiro atoms. The first-order chi connectivity index (χ1) is 13.2. The molecular formula is C22H26N2O3. The Kier molecular flexibility index (Phi) is 6.85. The number of nitrogens with one attached hydrogen (secondary N) is 2. The van der Waals surface area contributed by atoms with Crippen molar-refractivity contribution in [3.8, 4) is 0 Å². The van der Waals surface area contributed by atoms with Crippen molar-refractivity contribution >= 4 is 12.0 Å². The molecule has 5 nitrogen and oxygen atoms in total. The molecule has 0 saturated carbocycles. The van der Waals surface area contributed by atoms with E-state index < -0.39 is 6.09 Å². The molecule has 2 aromatic rings. The van der Waals surface area contributed by atoms with Crippen molar-refractivity contribution < 1.29 is 14.3 Å². The second-order valence-corrected chi connectivity index (χ2v) is 6.83. The predicted octanol–water partition coefficient (Wildman–Crippen LogP) is 3.50. The molecule has 3 rings (SSSR count). The zero-order valence-corrected chi connectivity index (χ0v) is 15.5. The first-order valence-electron chi connectivity index (χ1n) is 9.52. The highest BCUT2D eigenvalue weighted by Crippen LogP contribution is 2.22. The molecule has 142 valence electrons. The zero-order chi connectivity index (χ0) is 18.9. The van der Waals surface area contributed by atoms with Crippen molar-refractivity contribution in [2.24, 2.45) is 0 Å². The number of amides is 2. The average molecular weight is 366 g/mol. The van der Waals surface area contributed by atoms with Gasteiger partial charge < -0.3 is 15.4 Å². The summed E-state index contributed by atoms with van der Waals surface area (Å²) in [5.41, 5.74) is 4.94. The second kappa shape index (κ2) is 9.76. The monoisotopic (exact) mass is 366 g/mol. The zero-order valence-electron chi connectivity index (χ0n) is 15.5. The number of hydrogen-bond donors (Lipinski definition) is 2. The maximum Gasteiger partial charge on any atom is 0.407 e. The van der Waals surface area contributed by atoms with Gasteiger partial charge in [0.2, 0.25) is 5.91 Å². The Labute approximate surface area is 160 Å². The molecule has 0 unspecified atom stereocenters. The summed E-state index contributed by atoms with van der Waals surface area (Å²) in [4.78, 5) is 23.6. The van der Waals surface area contributed by atoms with E-state index in [1.165, 1.54) is 24.0 Å². The Hall–Kier alpha value is -2.82. The molecule has 0 radical (unpaired) electrons. The fraction of sp³-hybridized carbons (Fsp3) is 0.364. The molecule has 0 aromatic heterocycles. The van der Waals surface area contributed by atoms with Crippen LogP contribution in [0, 0.1) is 0 Å². The molecule has 2 amide bonds. The number of rotatable bonds is 8. The van der Waals surface area contributed by atoms with E-state index in [1.807, 2.05) is 30.3 Å². The topological polar surface area (TPSA) is 67.4 Å². The number of alkyl carbamates (subject to hydrolysis) is 1. The molecule has 27 heavy (non-hydrogen) atoms. The van der Waals surface area contributed by atoms with Crippen LogP contribution in [0.5, 0.6) is 0 Å². The third-order valence-electron chi connectivity index (χ3n) is 4.72.